The maximum Gasteiger partial charge on any atom is 0.433 e. The van der Waals surface area contributed by atoms with Crippen molar-refractivity contribution in [2.24, 2.45) is 4.36 Å². The number of alkyl halides is 5. The van der Waals surface area contributed by atoms with Crippen LogP contribution in [0.5, 0.6) is 0 Å². The highest BCUT2D eigenvalue weighted by atomic mass is 32.2. The Morgan fingerprint density at radius 3 is 2.33 bits per heavy atom. The van der Waals surface area contributed by atoms with E-state index in [2.05, 4.69) is 19.5 Å². The summed E-state index contributed by atoms with van der Waals surface area (Å²) in [5.41, 5.74) is -0.873. The average Bonchev–Trinajstić information content (AvgIpc) is 3.03. The van der Waals surface area contributed by atoms with E-state index in [0.29, 0.717) is 11.3 Å². The zero-order valence-electron chi connectivity index (χ0n) is 12.3. The lowest BCUT2D eigenvalue weighted by molar-refractivity contribution is -0.141. The summed E-state index contributed by atoms with van der Waals surface area (Å²) in [6.45, 7) is 1.45. The van der Waals surface area contributed by atoms with Crippen LogP contribution in [0.2, 0.25) is 0 Å². The van der Waals surface area contributed by atoms with Gasteiger partial charge in [0.25, 0.3) is 6.43 Å². The van der Waals surface area contributed by atoms with Gasteiger partial charge < -0.3 is 0 Å². The number of hydrogen-bond acceptors (Lipinski definition) is 6. The van der Waals surface area contributed by atoms with Gasteiger partial charge in [-0.2, -0.15) is 13.2 Å². The van der Waals surface area contributed by atoms with Gasteiger partial charge in [-0.3, -0.25) is 4.98 Å². The van der Waals surface area contributed by atoms with Crippen LogP contribution in [0.25, 0.3) is 0 Å². The maximum absolute atomic E-state index is 13.0. The molecule has 2 unspecified atom stereocenters. The number of halogens is 5. The van der Waals surface area contributed by atoms with Gasteiger partial charge in [-0.1, -0.05) is 17.4 Å². The number of pyridine rings is 1. The summed E-state index contributed by atoms with van der Waals surface area (Å²) in [6.07, 6.45) is -6.52. The van der Waals surface area contributed by atoms with Crippen molar-refractivity contribution in [2.75, 3.05) is 7.05 Å². The Balaban J connectivity index is 2.41. The quantitative estimate of drug-likeness (QED) is 0.742. The maximum atomic E-state index is 13.0. The Labute approximate surface area is 138 Å². The zero-order chi connectivity index (χ0) is 18.1. The molecule has 2 aromatic heterocycles. The molecule has 0 aliphatic heterocycles. The van der Waals surface area contributed by atoms with Gasteiger partial charge in [0.05, 0.1) is 5.25 Å². The highest BCUT2D eigenvalue weighted by Gasteiger charge is 2.33. The standard InChI is InChI=1S/C12H11F5N4OS2/c1-6(7-3-4-8(19-5-7)12(15,16)17)24(22,18-2)11-21-20-10(23-11)9(13)14/h3-6,9H,1-2H3. The molecule has 24 heavy (non-hydrogen) atoms. The van der Waals surface area contributed by atoms with Crippen molar-refractivity contribution < 1.29 is 26.2 Å². The summed E-state index contributed by atoms with van der Waals surface area (Å²) in [5, 5.41) is 5.27. The van der Waals surface area contributed by atoms with Gasteiger partial charge in [0.1, 0.15) is 15.4 Å². The lowest BCUT2D eigenvalue weighted by Crippen LogP contribution is -2.13. The fraction of sp³-hybridized carbons (Fsp3) is 0.417. The summed E-state index contributed by atoms with van der Waals surface area (Å²) >= 11 is 0.461. The fourth-order valence-corrected chi connectivity index (χ4v) is 5.07. The molecule has 0 amide bonds. The lowest BCUT2D eigenvalue weighted by atomic mass is 10.2. The monoisotopic (exact) mass is 386 g/mol. The third-order valence-corrected chi connectivity index (χ3v) is 7.20. The smallest absolute Gasteiger partial charge is 0.251 e. The van der Waals surface area contributed by atoms with Crippen molar-refractivity contribution in [1.82, 2.24) is 15.2 Å². The summed E-state index contributed by atoms with van der Waals surface area (Å²) < 4.78 is 79.4. The van der Waals surface area contributed by atoms with Crippen LogP contribution in [0.15, 0.2) is 27.0 Å². The molecule has 2 rings (SSSR count). The molecule has 5 nitrogen and oxygen atoms in total. The molecule has 0 aliphatic rings. The molecule has 2 heterocycles. The van der Waals surface area contributed by atoms with Crippen LogP contribution in [0.1, 0.15) is 34.9 Å². The normalized spacial score (nSPS) is 16.0. The van der Waals surface area contributed by atoms with Gasteiger partial charge in [-0.05, 0) is 18.6 Å². The molecule has 0 N–H and O–H groups in total. The summed E-state index contributed by atoms with van der Waals surface area (Å²) in [6, 6.07) is 1.88. The molecule has 2 aromatic rings. The highest BCUT2D eigenvalue weighted by molar-refractivity contribution is 7.95. The Morgan fingerprint density at radius 2 is 1.92 bits per heavy atom. The van der Waals surface area contributed by atoms with E-state index in [1.807, 2.05) is 0 Å². The Bertz CT molecular complexity index is 825. The second kappa shape index (κ2) is 6.67. The third-order valence-electron chi connectivity index (χ3n) is 3.16. The van der Waals surface area contributed by atoms with Gasteiger partial charge in [-0.15, -0.1) is 10.2 Å². The molecule has 0 spiro atoms. The Hall–Kier alpha value is -1.69. The molecule has 132 valence electrons. The molecule has 0 saturated carbocycles. The van der Waals surface area contributed by atoms with E-state index in [1.165, 1.54) is 14.0 Å². The van der Waals surface area contributed by atoms with Crippen molar-refractivity contribution >= 4 is 21.1 Å². The van der Waals surface area contributed by atoms with Crippen LogP contribution in [0.4, 0.5) is 22.0 Å². The van der Waals surface area contributed by atoms with Crippen molar-refractivity contribution in [1.29, 1.82) is 0 Å². The van der Waals surface area contributed by atoms with Crippen LogP contribution in [-0.2, 0) is 15.9 Å². The van der Waals surface area contributed by atoms with Gasteiger partial charge in [0.2, 0.25) is 4.34 Å². The minimum atomic E-state index is -4.59. The molecule has 0 fully saturated rings. The van der Waals surface area contributed by atoms with E-state index in [1.54, 1.807) is 0 Å². The van der Waals surface area contributed by atoms with E-state index in [-0.39, 0.29) is 9.90 Å². The average molecular weight is 386 g/mol. The van der Waals surface area contributed by atoms with Crippen molar-refractivity contribution in [3.05, 3.63) is 34.6 Å². The first kappa shape index (κ1) is 18.6. The minimum Gasteiger partial charge on any atom is -0.251 e. The summed E-state index contributed by atoms with van der Waals surface area (Å²) in [4.78, 5) is 3.30. The molecular weight excluding hydrogens is 375 g/mol. The first-order chi connectivity index (χ1) is 11.1. The van der Waals surface area contributed by atoms with Crippen molar-refractivity contribution in [3.63, 3.8) is 0 Å². The predicted octanol–water partition coefficient (Wildman–Crippen LogP) is 4.11. The van der Waals surface area contributed by atoms with Crippen LogP contribution in [0, 0.1) is 0 Å². The largest absolute Gasteiger partial charge is 0.433 e. The Morgan fingerprint density at radius 1 is 1.25 bits per heavy atom. The molecule has 0 radical (unpaired) electrons. The van der Waals surface area contributed by atoms with Crippen molar-refractivity contribution in [2.45, 2.75) is 29.1 Å². The SMILES string of the molecule is CN=S(=O)(c1nnc(C(F)F)s1)C(C)c1ccc(C(F)(F)F)nc1. The molecular formula is C12H11F5N4OS2. The minimum absolute atomic E-state index is 0.201. The molecule has 0 aliphatic carbocycles. The van der Waals surface area contributed by atoms with Gasteiger partial charge in [0.15, 0.2) is 5.01 Å². The number of hydrogen-bond donors (Lipinski definition) is 0. The number of nitrogens with zero attached hydrogens (tertiary/aromatic N) is 4. The Kier molecular flexibility index (Phi) is 5.18. The summed E-state index contributed by atoms with van der Waals surface area (Å²) in [5.74, 6) is 0. The number of rotatable bonds is 4. The first-order valence-electron chi connectivity index (χ1n) is 6.38. The second-order valence-electron chi connectivity index (χ2n) is 4.57. The van der Waals surface area contributed by atoms with Gasteiger partial charge in [-0.25, -0.2) is 17.4 Å². The van der Waals surface area contributed by atoms with E-state index in [9.17, 15) is 26.2 Å². The molecule has 12 heteroatoms. The third kappa shape index (κ3) is 3.53. The lowest BCUT2D eigenvalue weighted by Gasteiger charge is -2.15. The molecule has 0 aromatic carbocycles. The van der Waals surface area contributed by atoms with E-state index in [4.69, 9.17) is 0 Å². The van der Waals surface area contributed by atoms with E-state index < -0.39 is 38.3 Å². The van der Waals surface area contributed by atoms with Crippen LogP contribution in [0.3, 0.4) is 0 Å². The van der Waals surface area contributed by atoms with Crippen LogP contribution in [-0.4, -0.2) is 26.4 Å². The van der Waals surface area contributed by atoms with Crippen molar-refractivity contribution in [3.8, 4) is 0 Å². The highest BCUT2D eigenvalue weighted by Crippen LogP contribution is 2.35. The van der Waals surface area contributed by atoms with E-state index >= 15 is 0 Å². The molecule has 2 atom stereocenters. The van der Waals surface area contributed by atoms with Crippen LogP contribution < -0.4 is 0 Å². The molecule has 0 bridgehead atoms. The number of aromatic nitrogens is 3. The molecule has 0 saturated heterocycles. The second-order valence-corrected chi connectivity index (χ2v) is 8.44. The zero-order valence-corrected chi connectivity index (χ0v) is 13.9. The van der Waals surface area contributed by atoms with E-state index in [0.717, 1.165) is 18.3 Å². The predicted molar refractivity (Wildman–Crippen MR) is 77.3 cm³/mol. The van der Waals surface area contributed by atoms with Gasteiger partial charge >= 0.3 is 6.18 Å². The first-order valence-corrected chi connectivity index (χ1v) is 8.78. The van der Waals surface area contributed by atoms with Gasteiger partial charge in [0, 0.05) is 13.2 Å². The summed E-state index contributed by atoms with van der Waals surface area (Å²) in [7, 11) is -2.06. The van der Waals surface area contributed by atoms with Crippen LogP contribution >= 0.6 is 11.3 Å². The topological polar surface area (TPSA) is 68.1 Å². The fourth-order valence-electron chi connectivity index (χ4n) is 1.81.